The molecule has 8 nitrogen and oxygen atoms in total. The van der Waals surface area contributed by atoms with Crippen LogP contribution in [0.3, 0.4) is 0 Å². The number of hydrogen-bond acceptors (Lipinski definition) is 7. The Bertz CT molecular complexity index is 1200. The standard InChI is InChI=1S/C24H25N3O5/c1-6-11-32-23(28)20-14(2)25-24-26-16-9-7-8-10-17(16)27(24)21(20)15-12-18(29-3)22(31-5)19(13-15)30-4/h6-10,12-13,21H,1,11H2,2-5H3,(H,25,26). The Kier molecular flexibility index (Phi) is 5.77. The van der Waals surface area contributed by atoms with Crippen LogP contribution in [0, 0.1) is 0 Å². The lowest BCUT2D eigenvalue weighted by molar-refractivity contribution is -0.138. The fourth-order valence-corrected chi connectivity index (χ4v) is 4.02. The lowest BCUT2D eigenvalue weighted by atomic mass is 9.94. The number of allylic oxidation sites excluding steroid dienone is 1. The molecule has 166 valence electrons. The molecule has 1 aliphatic rings. The summed E-state index contributed by atoms with van der Waals surface area (Å²) in [6.07, 6.45) is 1.54. The van der Waals surface area contributed by atoms with Gasteiger partial charge < -0.3 is 24.3 Å². The van der Waals surface area contributed by atoms with Crippen LogP contribution in [-0.4, -0.2) is 43.5 Å². The van der Waals surface area contributed by atoms with E-state index >= 15 is 0 Å². The van der Waals surface area contributed by atoms with Crippen molar-refractivity contribution in [2.75, 3.05) is 33.3 Å². The van der Waals surface area contributed by atoms with Crippen LogP contribution in [0.5, 0.6) is 17.2 Å². The van der Waals surface area contributed by atoms with Crippen LogP contribution in [-0.2, 0) is 9.53 Å². The maximum Gasteiger partial charge on any atom is 0.338 e. The molecule has 0 aliphatic carbocycles. The fourth-order valence-electron chi connectivity index (χ4n) is 4.02. The smallest absolute Gasteiger partial charge is 0.338 e. The highest BCUT2D eigenvalue weighted by molar-refractivity contribution is 5.94. The van der Waals surface area contributed by atoms with Gasteiger partial charge in [-0.15, -0.1) is 0 Å². The summed E-state index contributed by atoms with van der Waals surface area (Å²) in [5.41, 5.74) is 3.55. The van der Waals surface area contributed by atoms with E-state index in [0.29, 0.717) is 34.5 Å². The molecule has 0 amide bonds. The Labute approximate surface area is 186 Å². The Hall–Kier alpha value is -3.94. The molecule has 0 spiro atoms. The number of imidazole rings is 1. The zero-order chi connectivity index (χ0) is 22.8. The molecule has 1 aliphatic heterocycles. The van der Waals surface area contributed by atoms with E-state index in [0.717, 1.165) is 16.6 Å². The molecule has 32 heavy (non-hydrogen) atoms. The Morgan fingerprint density at radius 1 is 1.16 bits per heavy atom. The lowest BCUT2D eigenvalue weighted by Gasteiger charge is -2.30. The first-order chi connectivity index (χ1) is 15.5. The van der Waals surface area contributed by atoms with Gasteiger partial charge in [0.05, 0.1) is 44.0 Å². The molecule has 0 bridgehead atoms. The van der Waals surface area contributed by atoms with Crippen molar-refractivity contribution in [3.8, 4) is 17.2 Å². The van der Waals surface area contributed by atoms with Gasteiger partial charge in [0.25, 0.3) is 0 Å². The second-order valence-corrected chi connectivity index (χ2v) is 7.21. The number of esters is 1. The van der Waals surface area contributed by atoms with Crippen LogP contribution in [0.4, 0.5) is 5.95 Å². The number of methoxy groups -OCH3 is 3. The number of nitrogens with zero attached hydrogens (tertiary/aromatic N) is 2. The van der Waals surface area contributed by atoms with Gasteiger partial charge >= 0.3 is 5.97 Å². The third-order valence-electron chi connectivity index (χ3n) is 5.39. The van der Waals surface area contributed by atoms with Crippen molar-refractivity contribution < 1.29 is 23.7 Å². The van der Waals surface area contributed by atoms with Crippen LogP contribution >= 0.6 is 0 Å². The number of hydrogen-bond donors (Lipinski definition) is 1. The van der Waals surface area contributed by atoms with Crippen molar-refractivity contribution >= 4 is 23.0 Å². The number of carbonyl (C=O) groups is 1. The third-order valence-corrected chi connectivity index (χ3v) is 5.39. The summed E-state index contributed by atoms with van der Waals surface area (Å²) in [4.78, 5) is 17.9. The van der Waals surface area contributed by atoms with E-state index in [1.807, 2.05) is 47.9 Å². The minimum absolute atomic E-state index is 0.106. The Morgan fingerprint density at radius 3 is 2.47 bits per heavy atom. The molecule has 1 aromatic heterocycles. The molecular weight excluding hydrogens is 410 g/mol. The summed E-state index contributed by atoms with van der Waals surface area (Å²) < 4.78 is 24.0. The van der Waals surface area contributed by atoms with Crippen molar-refractivity contribution in [1.82, 2.24) is 9.55 Å². The van der Waals surface area contributed by atoms with Crippen molar-refractivity contribution in [2.45, 2.75) is 13.0 Å². The van der Waals surface area contributed by atoms with Gasteiger partial charge in [-0.25, -0.2) is 9.78 Å². The minimum atomic E-state index is -0.537. The van der Waals surface area contributed by atoms with Crippen LogP contribution in [0.25, 0.3) is 11.0 Å². The average molecular weight is 435 g/mol. The number of anilines is 1. The Morgan fingerprint density at radius 2 is 1.84 bits per heavy atom. The zero-order valence-corrected chi connectivity index (χ0v) is 18.5. The first kappa shape index (κ1) is 21.3. The first-order valence-corrected chi connectivity index (χ1v) is 10.1. The van der Waals surface area contributed by atoms with Crippen LogP contribution in [0.15, 0.2) is 60.3 Å². The molecular formula is C24H25N3O5. The van der Waals surface area contributed by atoms with E-state index in [2.05, 4.69) is 11.9 Å². The third kappa shape index (κ3) is 3.43. The maximum absolute atomic E-state index is 13.2. The average Bonchev–Trinajstić information content (AvgIpc) is 3.18. The summed E-state index contributed by atoms with van der Waals surface area (Å²) >= 11 is 0. The zero-order valence-electron chi connectivity index (χ0n) is 18.5. The molecule has 1 atom stereocenters. The second-order valence-electron chi connectivity index (χ2n) is 7.21. The second kappa shape index (κ2) is 8.66. The van der Waals surface area contributed by atoms with Gasteiger partial charge in [0.15, 0.2) is 11.5 Å². The highest BCUT2D eigenvalue weighted by Crippen LogP contribution is 2.45. The highest BCUT2D eigenvalue weighted by Gasteiger charge is 2.36. The molecule has 4 rings (SSSR count). The van der Waals surface area contributed by atoms with Gasteiger partial charge in [-0.1, -0.05) is 24.8 Å². The van der Waals surface area contributed by atoms with Gasteiger partial charge in [-0.05, 0) is 36.8 Å². The largest absolute Gasteiger partial charge is 0.493 e. The lowest BCUT2D eigenvalue weighted by Crippen LogP contribution is -2.29. The van der Waals surface area contributed by atoms with Gasteiger partial charge in [0.2, 0.25) is 11.7 Å². The number of ether oxygens (including phenoxy) is 4. The van der Waals surface area contributed by atoms with Crippen LogP contribution in [0.2, 0.25) is 0 Å². The van der Waals surface area contributed by atoms with Crippen molar-refractivity contribution in [1.29, 1.82) is 0 Å². The molecule has 1 unspecified atom stereocenters. The first-order valence-electron chi connectivity index (χ1n) is 10.1. The number of aromatic nitrogens is 2. The van der Waals surface area contributed by atoms with Crippen LogP contribution < -0.4 is 19.5 Å². The van der Waals surface area contributed by atoms with Gasteiger partial charge in [-0.2, -0.15) is 0 Å². The van der Waals surface area contributed by atoms with E-state index in [9.17, 15) is 4.79 Å². The molecule has 0 saturated heterocycles. The predicted molar refractivity (Wildman–Crippen MR) is 121 cm³/mol. The summed E-state index contributed by atoms with van der Waals surface area (Å²) in [6.45, 7) is 5.57. The summed E-state index contributed by atoms with van der Waals surface area (Å²) in [7, 11) is 4.66. The van der Waals surface area contributed by atoms with E-state index < -0.39 is 12.0 Å². The monoisotopic (exact) mass is 435 g/mol. The Balaban J connectivity index is 2.00. The van der Waals surface area contributed by atoms with E-state index in [1.165, 1.54) is 6.08 Å². The SMILES string of the molecule is C=CCOC(=O)C1=C(C)Nc2nc3ccccc3n2C1c1cc(OC)c(OC)c(OC)c1. The minimum Gasteiger partial charge on any atom is -0.493 e. The number of rotatable bonds is 7. The topological polar surface area (TPSA) is 83.8 Å². The summed E-state index contributed by atoms with van der Waals surface area (Å²) in [6, 6.07) is 10.9. The molecule has 2 heterocycles. The normalized spacial score (nSPS) is 15.1. The number of carbonyl (C=O) groups excluding carboxylic acids is 1. The molecule has 8 heteroatoms. The van der Waals surface area contributed by atoms with E-state index in [-0.39, 0.29) is 6.61 Å². The van der Waals surface area contributed by atoms with E-state index in [4.69, 9.17) is 23.9 Å². The van der Waals surface area contributed by atoms with Crippen molar-refractivity contribution in [3.63, 3.8) is 0 Å². The number of fused-ring (bicyclic) bond motifs is 3. The molecule has 0 saturated carbocycles. The quantitative estimate of drug-likeness (QED) is 0.442. The van der Waals surface area contributed by atoms with Gasteiger partial charge in [-0.3, -0.25) is 4.57 Å². The molecule has 2 aromatic carbocycles. The number of para-hydroxylation sites is 2. The number of benzene rings is 2. The maximum atomic E-state index is 13.2. The van der Waals surface area contributed by atoms with Gasteiger partial charge in [0, 0.05) is 5.70 Å². The van der Waals surface area contributed by atoms with Crippen molar-refractivity contribution in [3.05, 3.63) is 65.9 Å². The number of nitrogens with one attached hydrogen (secondary N) is 1. The fraction of sp³-hybridized carbons (Fsp3) is 0.250. The molecule has 1 N–H and O–H groups in total. The predicted octanol–water partition coefficient (Wildman–Crippen LogP) is 4.08. The molecule has 0 fully saturated rings. The summed E-state index contributed by atoms with van der Waals surface area (Å²) in [5, 5.41) is 3.25. The highest BCUT2D eigenvalue weighted by atomic mass is 16.5. The summed E-state index contributed by atoms with van der Waals surface area (Å²) in [5.74, 6) is 1.63. The van der Waals surface area contributed by atoms with Gasteiger partial charge in [0.1, 0.15) is 6.61 Å². The van der Waals surface area contributed by atoms with E-state index in [1.54, 1.807) is 21.3 Å². The van der Waals surface area contributed by atoms with Crippen LogP contribution in [0.1, 0.15) is 18.5 Å². The molecule has 3 aromatic rings. The molecule has 0 radical (unpaired) electrons. The van der Waals surface area contributed by atoms with Crippen molar-refractivity contribution in [2.24, 2.45) is 0 Å².